The van der Waals surface area contributed by atoms with E-state index in [2.05, 4.69) is 0 Å². The highest BCUT2D eigenvalue weighted by Gasteiger charge is 2.39. The highest BCUT2D eigenvalue weighted by atomic mass is 19.4. The van der Waals surface area contributed by atoms with Crippen LogP contribution < -0.4 is 5.73 Å². The molecule has 0 unspecified atom stereocenters. The number of alkyl halides is 3. The summed E-state index contributed by atoms with van der Waals surface area (Å²) in [7, 11) is 0. The lowest BCUT2D eigenvalue weighted by Gasteiger charge is -2.18. The lowest BCUT2D eigenvalue weighted by atomic mass is 9.98. The average molecular weight is 233 g/mol. The summed E-state index contributed by atoms with van der Waals surface area (Å²) in [6, 6.07) is 1.38. The maximum atomic E-state index is 12.4. The number of carboxylic acids is 1. The molecule has 0 aromatic heterocycles. The van der Waals surface area contributed by atoms with Crippen LogP contribution in [0.25, 0.3) is 0 Å². The van der Waals surface area contributed by atoms with E-state index in [1.165, 1.54) is 12.1 Å². The first-order valence-electron chi connectivity index (χ1n) is 4.39. The second-order valence-electron chi connectivity index (χ2n) is 3.42. The van der Waals surface area contributed by atoms with Crippen LogP contribution in [0.5, 0.6) is 0 Å². The fraction of sp³-hybridized carbons (Fsp3) is 0.300. The molecule has 0 heterocycles. The minimum Gasteiger partial charge on any atom is -0.478 e. The van der Waals surface area contributed by atoms with Gasteiger partial charge in [0.1, 0.15) is 6.04 Å². The highest BCUT2D eigenvalue weighted by Crippen LogP contribution is 2.32. The van der Waals surface area contributed by atoms with Crippen molar-refractivity contribution in [3.05, 3.63) is 34.9 Å². The maximum absolute atomic E-state index is 12.4. The number of nitrogens with two attached hydrogens (primary N) is 1. The molecule has 0 amide bonds. The molecule has 6 heteroatoms. The largest absolute Gasteiger partial charge is 0.478 e. The normalized spacial score (nSPS) is 13.6. The highest BCUT2D eigenvalue weighted by molar-refractivity contribution is 5.89. The lowest BCUT2D eigenvalue weighted by molar-refractivity contribution is -0.149. The van der Waals surface area contributed by atoms with Gasteiger partial charge in [0.05, 0.1) is 5.56 Å². The summed E-state index contributed by atoms with van der Waals surface area (Å²) in [6.07, 6.45) is -4.65. The zero-order chi connectivity index (χ0) is 12.5. The number of carbonyl (C=O) groups is 1. The van der Waals surface area contributed by atoms with Crippen LogP contribution in [-0.2, 0) is 0 Å². The molecule has 16 heavy (non-hydrogen) atoms. The predicted octanol–water partition coefficient (Wildman–Crippen LogP) is 2.26. The van der Waals surface area contributed by atoms with Gasteiger partial charge in [-0.25, -0.2) is 4.79 Å². The summed E-state index contributed by atoms with van der Waals surface area (Å²) < 4.78 is 37.1. The van der Waals surface area contributed by atoms with Gasteiger partial charge in [-0.05, 0) is 18.6 Å². The Balaban J connectivity index is 3.28. The van der Waals surface area contributed by atoms with Gasteiger partial charge < -0.3 is 10.8 Å². The van der Waals surface area contributed by atoms with Gasteiger partial charge in [0.2, 0.25) is 0 Å². The first-order chi connectivity index (χ1) is 7.23. The van der Waals surface area contributed by atoms with Crippen LogP contribution in [0.3, 0.4) is 0 Å². The topological polar surface area (TPSA) is 63.3 Å². The Hall–Kier alpha value is -1.56. The third-order valence-corrected chi connectivity index (χ3v) is 2.13. The molecule has 3 nitrogen and oxygen atoms in total. The van der Waals surface area contributed by atoms with Crippen molar-refractivity contribution in [2.75, 3.05) is 0 Å². The van der Waals surface area contributed by atoms with E-state index in [0.29, 0.717) is 5.56 Å². The van der Waals surface area contributed by atoms with Crippen molar-refractivity contribution in [3.8, 4) is 0 Å². The van der Waals surface area contributed by atoms with Gasteiger partial charge >= 0.3 is 12.1 Å². The van der Waals surface area contributed by atoms with Gasteiger partial charge in [0.15, 0.2) is 0 Å². The Morgan fingerprint density at radius 2 is 2.00 bits per heavy atom. The summed E-state index contributed by atoms with van der Waals surface area (Å²) in [5, 5.41) is 8.78. The molecular formula is C10H10F3NO2. The van der Waals surface area contributed by atoms with Crippen LogP contribution in [0.4, 0.5) is 13.2 Å². The van der Waals surface area contributed by atoms with Crippen molar-refractivity contribution >= 4 is 5.97 Å². The summed E-state index contributed by atoms with van der Waals surface area (Å²) in [5.74, 6) is -1.42. The van der Waals surface area contributed by atoms with Gasteiger partial charge in [-0.2, -0.15) is 13.2 Å². The molecule has 1 aromatic rings. The van der Waals surface area contributed by atoms with Gasteiger partial charge in [0.25, 0.3) is 0 Å². The predicted molar refractivity (Wildman–Crippen MR) is 51.1 cm³/mol. The van der Waals surface area contributed by atoms with Crippen molar-refractivity contribution < 1.29 is 23.1 Å². The summed E-state index contributed by atoms with van der Waals surface area (Å²) >= 11 is 0. The molecular weight excluding hydrogens is 223 g/mol. The Morgan fingerprint density at radius 3 is 2.44 bits per heavy atom. The zero-order valence-electron chi connectivity index (χ0n) is 8.38. The third-order valence-electron chi connectivity index (χ3n) is 2.13. The van der Waals surface area contributed by atoms with E-state index in [1.54, 1.807) is 6.92 Å². The second kappa shape index (κ2) is 4.13. The maximum Gasteiger partial charge on any atom is 0.407 e. The molecule has 0 spiro atoms. The number of halogens is 3. The molecule has 0 aliphatic rings. The SMILES string of the molecule is Cc1ccc([C@H](N)C(F)(F)F)c(C(=O)O)c1. The third kappa shape index (κ3) is 2.52. The van der Waals surface area contributed by atoms with E-state index >= 15 is 0 Å². The van der Waals surface area contributed by atoms with Crippen molar-refractivity contribution in [1.82, 2.24) is 0 Å². The molecule has 0 bridgehead atoms. The standard InChI is InChI=1S/C10H10F3NO2/c1-5-2-3-6(7(4-5)9(15)16)8(14)10(11,12)13/h2-4,8H,14H2,1H3,(H,15,16)/t8-/m0/s1. The Morgan fingerprint density at radius 1 is 1.44 bits per heavy atom. The van der Waals surface area contributed by atoms with Crippen LogP contribution in [0.1, 0.15) is 27.5 Å². The summed E-state index contributed by atoms with van der Waals surface area (Å²) in [6.45, 7) is 1.59. The van der Waals surface area contributed by atoms with Crippen LogP contribution >= 0.6 is 0 Å². The van der Waals surface area contributed by atoms with E-state index in [4.69, 9.17) is 10.8 Å². The zero-order valence-corrected chi connectivity index (χ0v) is 8.38. The van der Waals surface area contributed by atoms with Gasteiger partial charge in [-0.3, -0.25) is 0 Å². The molecule has 0 aliphatic carbocycles. The number of hydrogen-bond donors (Lipinski definition) is 2. The van der Waals surface area contributed by atoms with Crippen LogP contribution in [0, 0.1) is 6.92 Å². The molecule has 1 rings (SSSR count). The molecule has 0 fully saturated rings. The smallest absolute Gasteiger partial charge is 0.407 e. The first kappa shape index (κ1) is 12.5. The second-order valence-corrected chi connectivity index (χ2v) is 3.42. The number of rotatable bonds is 2. The van der Waals surface area contributed by atoms with E-state index in [9.17, 15) is 18.0 Å². The minimum atomic E-state index is -4.65. The van der Waals surface area contributed by atoms with Crippen LogP contribution in [0.2, 0.25) is 0 Å². The van der Waals surface area contributed by atoms with Crippen molar-refractivity contribution in [2.24, 2.45) is 5.73 Å². The number of benzene rings is 1. The van der Waals surface area contributed by atoms with Gasteiger partial charge in [0, 0.05) is 0 Å². The number of carboxylic acid groups (broad SMARTS) is 1. The van der Waals surface area contributed by atoms with E-state index in [-0.39, 0.29) is 0 Å². The number of aromatic carboxylic acids is 1. The molecule has 88 valence electrons. The average Bonchev–Trinajstić information content (AvgIpc) is 2.15. The lowest BCUT2D eigenvalue weighted by Crippen LogP contribution is -2.30. The van der Waals surface area contributed by atoms with Crippen LogP contribution in [-0.4, -0.2) is 17.3 Å². The Bertz CT molecular complexity index is 415. The van der Waals surface area contributed by atoms with Crippen molar-refractivity contribution in [2.45, 2.75) is 19.1 Å². The molecule has 1 aromatic carbocycles. The van der Waals surface area contributed by atoms with E-state index in [1.807, 2.05) is 0 Å². The molecule has 0 saturated heterocycles. The molecule has 1 atom stereocenters. The summed E-state index contributed by atoms with van der Waals surface area (Å²) in [4.78, 5) is 10.8. The molecule has 0 saturated carbocycles. The Labute approximate surface area is 89.7 Å². The quantitative estimate of drug-likeness (QED) is 0.823. The summed E-state index contributed by atoms with van der Waals surface area (Å²) in [5.41, 5.74) is 4.70. The minimum absolute atomic E-state index is 0.412. The van der Waals surface area contributed by atoms with Gasteiger partial charge in [-0.15, -0.1) is 0 Å². The first-order valence-corrected chi connectivity index (χ1v) is 4.39. The van der Waals surface area contributed by atoms with Gasteiger partial charge in [-0.1, -0.05) is 17.7 Å². The molecule has 3 N–H and O–H groups in total. The fourth-order valence-corrected chi connectivity index (χ4v) is 1.30. The van der Waals surface area contributed by atoms with E-state index in [0.717, 1.165) is 6.07 Å². The monoisotopic (exact) mass is 233 g/mol. The fourth-order valence-electron chi connectivity index (χ4n) is 1.30. The van der Waals surface area contributed by atoms with Crippen LogP contribution in [0.15, 0.2) is 18.2 Å². The Kier molecular flexibility index (Phi) is 3.23. The molecule has 0 aliphatic heterocycles. The molecule has 0 radical (unpaired) electrons. The van der Waals surface area contributed by atoms with Crippen molar-refractivity contribution in [3.63, 3.8) is 0 Å². The van der Waals surface area contributed by atoms with Crippen molar-refractivity contribution in [1.29, 1.82) is 0 Å². The number of hydrogen-bond acceptors (Lipinski definition) is 2. The number of aryl methyl sites for hydroxylation is 1. The van der Waals surface area contributed by atoms with E-state index < -0.39 is 29.3 Å².